The van der Waals surface area contributed by atoms with Crippen LogP contribution in [0.5, 0.6) is 0 Å². The number of halogens is 3. The topological polar surface area (TPSA) is 80.7 Å². The molecule has 0 aliphatic heterocycles. The maximum absolute atomic E-state index is 11.7. The summed E-state index contributed by atoms with van der Waals surface area (Å²) < 4.78 is 58.9. The first-order valence-electron chi connectivity index (χ1n) is 3.02. The minimum Gasteiger partial charge on any atom is -0.475 e. The number of alkyl halides is 3. The van der Waals surface area contributed by atoms with Crippen LogP contribution in [0.1, 0.15) is 6.92 Å². The molecular weight excluding hydrogens is 229 g/mol. The van der Waals surface area contributed by atoms with Crippen molar-refractivity contribution in [1.29, 1.82) is 0 Å². The van der Waals surface area contributed by atoms with E-state index in [9.17, 15) is 26.4 Å². The Hall–Kier alpha value is -1.25. The molecule has 0 fully saturated rings. The molecule has 9 heteroatoms. The summed E-state index contributed by atoms with van der Waals surface area (Å²) >= 11 is 0. The van der Waals surface area contributed by atoms with Gasteiger partial charge in [-0.1, -0.05) is 0 Å². The number of carboxylic acid groups (broad SMARTS) is 1. The largest absolute Gasteiger partial charge is 0.534 e. The molecule has 0 unspecified atom stereocenters. The molecule has 0 aromatic heterocycles. The molecule has 0 atom stereocenters. The van der Waals surface area contributed by atoms with Crippen molar-refractivity contribution in [2.24, 2.45) is 0 Å². The van der Waals surface area contributed by atoms with Gasteiger partial charge in [0.2, 0.25) is 5.76 Å². The van der Waals surface area contributed by atoms with Crippen LogP contribution >= 0.6 is 0 Å². The Morgan fingerprint density at radius 1 is 1.43 bits per heavy atom. The summed E-state index contributed by atoms with van der Waals surface area (Å²) in [5.74, 6) is -3.21. The van der Waals surface area contributed by atoms with Gasteiger partial charge in [-0.3, -0.25) is 0 Å². The van der Waals surface area contributed by atoms with Crippen LogP contribution in [0.3, 0.4) is 0 Å². The van der Waals surface area contributed by atoms with Crippen LogP contribution in [0, 0.1) is 0 Å². The predicted octanol–water partition coefficient (Wildman–Crippen LogP) is 0.841. The highest BCUT2D eigenvalue weighted by Crippen LogP contribution is 2.26. The van der Waals surface area contributed by atoms with Gasteiger partial charge >= 0.3 is 21.6 Å². The summed E-state index contributed by atoms with van der Waals surface area (Å²) in [5.41, 5.74) is -5.64. The smallest absolute Gasteiger partial charge is 0.475 e. The highest BCUT2D eigenvalue weighted by molar-refractivity contribution is 7.87. The molecule has 14 heavy (non-hydrogen) atoms. The first kappa shape index (κ1) is 12.8. The van der Waals surface area contributed by atoms with Crippen LogP contribution in [-0.4, -0.2) is 25.0 Å². The van der Waals surface area contributed by atoms with Gasteiger partial charge in [-0.05, 0) is 13.0 Å². The summed E-state index contributed by atoms with van der Waals surface area (Å²) in [6.07, 6.45) is 0.589. The van der Waals surface area contributed by atoms with Crippen molar-refractivity contribution in [1.82, 2.24) is 0 Å². The van der Waals surface area contributed by atoms with Gasteiger partial charge in [-0.2, -0.15) is 21.6 Å². The zero-order chi connectivity index (χ0) is 11.6. The van der Waals surface area contributed by atoms with Crippen molar-refractivity contribution in [3.8, 4) is 0 Å². The Labute approximate surface area is 76.9 Å². The Morgan fingerprint density at radius 2 is 1.86 bits per heavy atom. The molecule has 0 amide bonds. The van der Waals surface area contributed by atoms with E-state index in [1.807, 2.05) is 0 Å². The Bertz CT molecular complexity index is 352. The minimum atomic E-state index is -5.90. The van der Waals surface area contributed by atoms with E-state index in [1.165, 1.54) is 0 Å². The van der Waals surface area contributed by atoms with Crippen LogP contribution in [0.25, 0.3) is 0 Å². The van der Waals surface area contributed by atoms with Gasteiger partial charge < -0.3 is 9.29 Å². The second kappa shape index (κ2) is 3.86. The molecule has 0 aromatic rings. The van der Waals surface area contributed by atoms with Crippen LogP contribution < -0.4 is 0 Å². The van der Waals surface area contributed by atoms with Crippen LogP contribution in [-0.2, 0) is 19.1 Å². The molecule has 0 spiro atoms. The number of allylic oxidation sites excluding steroid dienone is 1. The molecule has 0 saturated heterocycles. The number of aliphatic carboxylic acids is 1. The minimum absolute atomic E-state index is 0.589. The number of carboxylic acids is 1. The summed E-state index contributed by atoms with van der Waals surface area (Å²) in [4.78, 5) is 10.1. The van der Waals surface area contributed by atoms with E-state index >= 15 is 0 Å². The predicted molar refractivity (Wildman–Crippen MR) is 37.5 cm³/mol. The number of hydrogen-bond donors (Lipinski definition) is 1. The van der Waals surface area contributed by atoms with Gasteiger partial charge in [0.1, 0.15) is 0 Å². The van der Waals surface area contributed by atoms with Gasteiger partial charge in [-0.15, -0.1) is 0 Å². The van der Waals surface area contributed by atoms with Crippen LogP contribution in [0.2, 0.25) is 0 Å². The van der Waals surface area contributed by atoms with Crippen molar-refractivity contribution in [3.63, 3.8) is 0 Å². The first-order valence-corrected chi connectivity index (χ1v) is 4.43. The lowest BCUT2D eigenvalue weighted by Crippen LogP contribution is -2.26. The molecule has 0 heterocycles. The average Bonchev–Trinajstić information content (AvgIpc) is 1.97. The van der Waals surface area contributed by atoms with Crippen molar-refractivity contribution >= 4 is 16.1 Å². The van der Waals surface area contributed by atoms with Gasteiger partial charge in [-0.25, -0.2) is 4.79 Å². The fraction of sp³-hybridized carbons (Fsp3) is 0.400. The van der Waals surface area contributed by atoms with Crippen LogP contribution in [0.4, 0.5) is 13.2 Å². The fourth-order valence-electron chi connectivity index (χ4n) is 0.373. The zero-order valence-corrected chi connectivity index (χ0v) is 7.52. The molecule has 0 aliphatic carbocycles. The summed E-state index contributed by atoms with van der Waals surface area (Å²) in [5, 5.41) is 8.18. The summed E-state index contributed by atoms with van der Waals surface area (Å²) in [6, 6.07) is 0. The van der Waals surface area contributed by atoms with E-state index in [1.54, 1.807) is 0 Å². The maximum Gasteiger partial charge on any atom is 0.534 e. The second-order valence-corrected chi connectivity index (χ2v) is 3.48. The zero-order valence-electron chi connectivity index (χ0n) is 6.70. The molecule has 5 nitrogen and oxygen atoms in total. The molecular formula is C5H5F3O5S. The lowest BCUT2D eigenvalue weighted by atomic mass is 10.5. The first-order chi connectivity index (χ1) is 6.12. The molecule has 0 aliphatic rings. The molecule has 0 saturated carbocycles. The lowest BCUT2D eigenvalue weighted by Gasteiger charge is -2.08. The maximum atomic E-state index is 11.7. The quantitative estimate of drug-likeness (QED) is 0.338. The summed E-state index contributed by atoms with van der Waals surface area (Å²) in [7, 11) is -5.90. The standard InChI is InChI=1S/C5H5F3O5S/c1-2-3(4(9)10)13-14(11,12)5(6,7)8/h2H,1H3,(H,9,10)/b3-2-. The van der Waals surface area contributed by atoms with Gasteiger partial charge in [0.05, 0.1) is 0 Å². The average molecular weight is 234 g/mol. The molecule has 1 N–H and O–H groups in total. The van der Waals surface area contributed by atoms with Crippen molar-refractivity contribution in [2.75, 3.05) is 0 Å². The Morgan fingerprint density at radius 3 is 2.07 bits per heavy atom. The van der Waals surface area contributed by atoms with E-state index < -0.39 is 27.4 Å². The third-order valence-electron chi connectivity index (χ3n) is 0.956. The molecule has 82 valence electrons. The van der Waals surface area contributed by atoms with Gasteiger partial charge in [0.25, 0.3) is 0 Å². The normalized spacial score (nSPS) is 13.9. The van der Waals surface area contributed by atoms with E-state index in [2.05, 4.69) is 4.18 Å². The molecule has 0 radical (unpaired) electrons. The van der Waals surface area contributed by atoms with E-state index in [0.717, 1.165) is 6.92 Å². The fourth-order valence-corrected chi connectivity index (χ4v) is 0.871. The van der Waals surface area contributed by atoms with Crippen molar-refractivity contribution < 1.29 is 35.7 Å². The highest BCUT2D eigenvalue weighted by atomic mass is 32.2. The van der Waals surface area contributed by atoms with Gasteiger partial charge in [0.15, 0.2) is 0 Å². The third kappa shape index (κ3) is 2.91. The van der Waals surface area contributed by atoms with Crippen molar-refractivity contribution in [3.05, 3.63) is 11.8 Å². The SMILES string of the molecule is C/C=C(\OS(=O)(=O)C(F)(F)F)C(=O)O. The number of carbonyl (C=O) groups is 1. The number of hydrogen-bond acceptors (Lipinski definition) is 4. The molecule has 0 bridgehead atoms. The molecule has 0 rings (SSSR count). The van der Waals surface area contributed by atoms with E-state index in [4.69, 9.17) is 5.11 Å². The van der Waals surface area contributed by atoms with Crippen molar-refractivity contribution in [2.45, 2.75) is 12.4 Å². The monoisotopic (exact) mass is 234 g/mol. The molecule has 0 aromatic carbocycles. The second-order valence-electron chi connectivity index (χ2n) is 1.94. The van der Waals surface area contributed by atoms with Gasteiger partial charge in [0, 0.05) is 0 Å². The number of rotatable bonds is 3. The highest BCUT2D eigenvalue weighted by Gasteiger charge is 2.49. The van der Waals surface area contributed by atoms with Crippen LogP contribution in [0.15, 0.2) is 11.8 Å². The Balaban J connectivity index is 4.96. The Kier molecular flexibility index (Phi) is 3.52. The third-order valence-corrected chi connectivity index (χ3v) is 1.92. The summed E-state index contributed by atoms with van der Waals surface area (Å²) in [6.45, 7) is 1.02. The van der Waals surface area contributed by atoms with E-state index in [-0.39, 0.29) is 0 Å². The lowest BCUT2D eigenvalue weighted by molar-refractivity contribution is -0.135. The van der Waals surface area contributed by atoms with E-state index in [0.29, 0.717) is 6.08 Å².